The number of benzene rings is 2. The molecule has 0 unspecified atom stereocenters. The SMILES string of the molecule is CC(=O)Nc1ccc(NCc2ccc(F)c(C)c2)cc1C. The molecule has 2 aromatic carbocycles. The van der Waals surface area contributed by atoms with E-state index in [9.17, 15) is 9.18 Å². The van der Waals surface area contributed by atoms with Crippen LogP contribution >= 0.6 is 0 Å². The second-order valence-electron chi connectivity index (χ2n) is 5.15. The summed E-state index contributed by atoms with van der Waals surface area (Å²) in [6.07, 6.45) is 0. The van der Waals surface area contributed by atoms with Crippen LogP contribution in [0.2, 0.25) is 0 Å². The Morgan fingerprint density at radius 1 is 1.10 bits per heavy atom. The van der Waals surface area contributed by atoms with Gasteiger partial charge in [-0.05, 0) is 54.8 Å². The Morgan fingerprint density at radius 3 is 2.48 bits per heavy atom. The molecule has 0 fully saturated rings. The van der Waals surface area contributed by atoms with E-state index in [2.05, 4.69) is 10.6 Å². The fourth-order valence-corrected chi connectivity index (χ4v) is 2.12. The van der Waals surface area contributed by atoms with E-state index < -0.39 is 0 Å². The van der Waals surface area contributed by atoms with Crippen LogP contribution < -0.4 is 10.6 Å². The first-order valence-corrected chi connectivity index (χ1v) is 6.83. The molecule has 0 aliphatic rings. The van der Waals surface area contributed by atoms with Gasteiger partial charge in [-0.15, -0.1) is 0 Å². The van der Waals surface area contributed by atoms with E-state index in [0.29, 0.717) is 12.1 Å². The number of carbonyl (C=O) groups is 1. The zero-order chi connectivity index (χ0) is 15.4. The van der Waals surface area contributed by atoms with Crippen molar-refractivity contribution in [1.82, 2.24) is 0 Å². The van der Waals surface area contributed by atoms with Gasteiger partial charge < -0.3 is 10.6 Å². The zero-order valence-electron chi connectivity index (χ0n) is 12.5. The Balaban J connectivity index is 2.04. The topological polar surface area (TPSA) is 41.1 Å². The summed E-state index contributed by atoms with van der Waals surface area (Å²) >= 11 is 0. The largest absolute Gasteiger partial charge is 0.381 e. The predicted molar refractivity (Wildman–Crippen MR) is 83.9 cm³/mol. The van der Waals surface area contributed by atoms with Crippen molar-refractivity contribution >= 4 is 17.3 Å². The maximum absolute atomic E-state index is 13.2. The van der Waals surface area contributed by atoms with Crippen molar-refractivity contribution in [2.45, 2.75) is 27.3 Å². The maximum atomic E-state index is 13.2. The Morgan fingerprint density at radius 2 is 1.86 bits per heavy atom. The lowest BCUT2D eigenvalue weighted by Gasteiger charge is -2.11. The van der Waals surface area contributed by atoms with Crippen LogP contribution in [0.1, 0.15) is 23.6 Å². The summed E-state index contributed by atoms with van der Waals surface area (Å²) in [5, 5.41) is 6.07. The summed E-state index contributed by atoms with van der Waals surface area (Å²) in [6, 6.07) is 10.8. The van der Waals surface area contributed by atoms with Crippen LogP contribution in [0.4, 0.5) is 15.8 Å². The molecule has 110 valence electrons. The lowest BCUT2D eigenvalue weighted by Crippen LogP contribution is -2.07. The number of anilines is 2. The summed E-state index contributed by atoms with van der Waals surface area (Å²) in [5.41, 5.74) is 4.43. The van der Waals surface area contributed by atoms with Crippen molar-refractivity contribution in [3.63, 3.8) is 0 Å². The van der Waals surface area contributed by atoms with E-state index in [1.807, 2.05) is 31.2 Å². The molecule has 2 rings (SSSR count). The molecule has 0 radical (unpaired) electrons. The second kappa shape index (κ2) is 6.39. The van der Waals surface area contributed by atoms with Gasteiger partial charge in [-0.3, -0.25) is 4.79 Å². The van der Waals surface area contributed by atoms with Crippen LogP contribution in [-0.4, -0.2) is 5.91 Å². The molecule has 0 aliphatic carbocycles. The predicted octanol–water partition coefficient (Wildman–Crippen LogP) is 4.01. The molecule has 0 spiro atoms. The molecule has 2 N–H and O–H groups in total. The lowest BCUT2D eigenvalue weighted by molar-refractivity contribution is -0.114. The van der Waals surface area contributed by atoms with Gasteiger partial charge in [0.2, 0.25) is 5.91 Å². The lowest BCUT2D eigenvalue weighted by atomic mass is 10.1. The monoisotopic (exact) mass is 286 g/mol. The molecule has 0 heterocycles. The number of carbonyl (C=O) groups excluding carboxylic acids is 1. The van der Waals surface area contributed by atoms with Gasteiger partial charge in [0.25, 0.3) is 0 Å². The van der Waals surface area contributed by atoms with Gasteiger partial charge in [0.1, 0.15) is 5.82 Å². The molecule has 4 heteroatoms. The van der Waals surface area contributed by atoms with Crippen LogP contribution in [0, 0.1) is 19.7 Å². The third-order valence-electron chi connectivity index (χ3n) is 3.26. The first-order valence-electron chi connectivity index (χ1n) is 6.83. The highest BCUT2D eigenvalue weighted by Gasteiger charge is 2.03. The van der Waals surface area contributed by atoms with Gasteiger partial charge in [0.15, 0.2) is 0 Å². The number of amides is 1. The summed E-state index contributed by atoms with van der Waals surface area (Å²) < 4.78 is 13.2. The van der Waals surface area contributed by atoms with Crippen molar-refractivity contribution in [2.24, 2.45) is 0 Å². The van der Waals surface area contributed by atoms with Crippen LogP contribution in [-0.2, 0) is 11.3 Å². The van der Waals surface area contributed by atoms with E-state index in [0.717, 1.165) is 22.5 Å². The summed E-state index contributed by atoms with van der Waals surface area (Å²) in [4.78, 5) is 11.1. The number of aryl methyl sites for hydroxylation is 2. The Kier molecular flexibility index (Phi) is 4.58. The Hall–Kier alpha value is -2.36. The van der Waals surface area contributed by atoms with Gasteiger partial charge in [0.05, 0.1) is 0 Å². The normalized spacial score (nSPS) is 10.3. The van der Waals surface area contributed by atoms with E-state index >= 15 is 0 Å². The quantitative estimate of drug-likeness (QED) is 0.891. The van der Waals surface area contributed by atoms with Crippen molar-refractivity contribution < 1.29 is 9.18 Å². The number of nitrogens with one attached hydrogen (secondary N) is 2. The molecule has 2 aromatic rings. The first kappa shape index (κ1) is 15.0. The Labute approximate surface area is 124 Å². The van der Waals surface area contributed by atoms with Crippen molar-refractivity contribution in [3.8, 4) is 0 Å². The van der Waals surface area contributed by atoms with Crippen LogP contribution in [0.3, 0.4) is 0 Å². The van der Waals surface area contributed by atoms with Crippen molar-refractivity contribution in [1.29, 1.82) is 0 Å². The van der Waals surface area contributed by atoms with Crippen LogP contribution in [0.25, 0.3) is 0 Å². The molecule has 3 nitrogen and oxygen atoms in total. The number of hydrogen-bond donors (Lipinski definition) is 2. The molecule has 1 amide bonds. The molecule has 0 bridgehead atoms. The maximum Gasteiger partial charge on any atom is 0.221 e. The molecule has 0 saturated heterocycles. The fourth-order valence-electron chi connectivity index (χ4n) is 2.12. The van der Waals surface area contributed by atoms with E-state index in [4.69, 9.17) is 0 Å². The van der Waals surface area contributed by atoms with E-state index in [-0.39, 0.29) is 11.7 Å². The smallest absolute Gasteiger partial charge is 0.221 e. The first-order chi connectivity index (χ1) is 9.95. The second-order valence-corrected chi connectivity index (χ2v) is 5.15. The van der Waals surface area contributed by atoms with Gasteiger partial charge in [-0.1, -0.05) is 12.1 Å². The number of hydrogen-bond acceptors (Lipinski definition) is 2. The van der Waals surface area contributed by atoms with Gasteiger partial charge in [-0.2, -0.15) is 0 Å². The number of rotatable bonds is 4. The van der Waals surface area contributed by atoms with Crippen LogP contribution in [0.15, 0.2) is 36.4 Å². The van der Waals surface area contributed by atoms with Gasteiger partial charge in [0, 0.05) is 24.8 Å². The van der Waals surface area contributed by atoms with Gasteiger partial charge >= 0.3 is 0 Å². The van der Waals surface area contributed by atoms with Crippen LogP contribution in [0.5, 0.6) is 0 Å². The van der Waals surface area contributed by atoms with Gasteiger partial charge in [-0.25, -0.2) is 4.39 Å². The highest BCUT2D eigenvalue weighted by Crippen LogP contribution is 2.20. The molecular formula is C17H19FN2O. The average Bonchev–Trinajstić information content (AvgIpc) is 2.42. The highest BCUT2D eigenvalue weighted by atomic mass is 19.1. The fraction of sp³-hybridized carbons (Fsp3) is 0.235. The molecule has 0 saturated carbocycles. The van der Waals surface area contributed by atoms with Crippen molar-refractivity contribution in [2.75, 3.05) is 10.6 Å². The van der Waals surface area contributed by atoms with Crippen molar-refractivity contribution in [3.05, 3.63) is 58.9 Å². The minimum Gasteiger partial charge on any atom is -0.381 e. The van der Waals surface area contributed by atoms with E-state index in [1.54, 1.807) is 13.0 Å². The van der Waals surface area contributed by atoms with E-state index in [1.165, 1.54) is 13.0 Å². The number of halogens is 1. The minimum atomic E-state index is -0.186. The molecule has 21 heavy (non-hydrogen) atoms. The summed E-state index contributed by atoms with van der Waals surface area (Å²) in [6.45, 7) is 5.81. The third kappa shape index (κ3) is 4.05. The summed E-state index contributed by atoms with van der Waals surface area (Å²) in [5.74, 6) is -0.269. The average molecular weight is 286 g/mol. The standard InChI is InChI=1S/C17H19FN2O/c1-11-8-14(4-6-16(11)18)10-19-15-5-7-17(12(2)9-15)20-13(3)21/h4-9,19H,10H2,1-3H3,(H,20,21). The molecular weight excluding hydrogens is 267 g/mol. The molecule has 0 aromatic heterocycles. The highest BCUT2D eigenvalue weighted by molar-refractivity contribution is 5.89. The zero-order valence-corrected chi connectivity index (χ0v) is 12.5. The third-order valence-corrected chi connectivity index (χ3v) is 3.26. The summed E-state index contributed by atoms with van der Waals surface area (Å²) in [7, 11) is 0. The molecule has 0 atom stereocenters. The minimum absolute atomic E-state index is 0.0828. The molecule has 0 aliphatic heterocycles. The Bertz CT molecular complexity index is 668.